The Morgan fingerprint density at radius 1 is 1.29 bits per heavy atom. The van der Waals surface area contributed by atoms with Crippen LogP contribution in [0.15, 0.2) is 0 Å². The molecule has 0 N–H and O–H groups in total. The van der Waals surface area contributed by atoms with E-state index in [0.717, 1.165) is 6.42 Å². The molecule has 2 atom stereocenters. The lowest BCUT2D eigenvalue weighted by molar-refractivity contribution is -0.151. The van der Waals surface area contributed by atoms with Crippen LogP contribution < -0.4 is 0 Å². The van der Waals surface area contributed by atoms with Crippen LogP contribution in [0.5, 0.6) is 0 Å². The number of ether oxygens (including phenoxy) is 2. The molecule has 0 aromatic rings. The summed E-state index contributed by atoms with van der Waals surface area (Å²) in [5, 5.41) is 8.94. The van der Waals surface area contributed by atoms with Gasteiger partial charge >= 0.3 is 0 Å². The Morgan fingerprint density at radius 3 is 2.29 bits per heavy atom. The molecule has 0 aromatic heterocycles. The van der Waals surface area contributed by atoms with Crippen LogP contribution in [0.25, 0.3) is 0 Å². The second-order valence-corrected chi connectivity index (χ2v) is 5.07. The van der Waals surface area contributed by atoms with E-state index < -0.39 is 5.79 Å². The fourth-order valence-electron chi connectivity index (χ4n) is 2.46. The molecule has 0 unspecified atom stereocenters. The third kappa shape index (κ3) is 1.43. The molecule has 2 aliphatic rings. The fourth-order valence-corrected chi connectivity index (χ4v) is 2.46. The van der Waals surface area contributed by atoms with Gasteiger partial charge in [-0.1, -0.05) is 13.8 Å². The van der Waals surface area contributed by atoms with Gasteiger partial charge in [-0.25, -0.2) is 0 Å². The molecule has 0 spiro atoms. The lowest BCUT2D eigenvalue weighted by Gasteiger charge is -2.22. The molecule has 0 bridgehead atoms. The summed E-state index contributed by atoms with van der Waals surface area (Å²) >= 11 is 0. The number of rotatable bonds is 2. The van der Waals surface area contributed by atoms with Crippen LogP contribution in [0.4, 0.5) is 0 Å². The average Bonchev–Trinajstić information content (AvgIpc) is 2.48. The predicted octanol–water partition coefficient (Wildman–Crippen LogP) is 1.94. The minimum atomic E-state index is -0.437. The zero-order chi connectivity index (χ0) is 10.4. The second-order valence-electron chi connectivity index (χ2n) is 5.07. The molecule has 3 heteroatoms. The van der Waals surface area contributed by atoms with Gasteiger partial charge in [0.1, 0.15) is 0 Å². The van der Waals surface area contributed by atoms with Crippen LogP contribution in [0.1, 0.15) is 27.2 Å². The molecule has 0 radical (unpaired) electrons. The van der Waals surface area contributed by atoms with Gasteiger partial charge in [-0.15, -0.1) is 0 Å². The highest BCUT2D eigenvalue weighted by Gasteiger charge is 2.60. The Hall–Kier alpha value is -0.590. The molecule has 1 aliphatic heterocycles. The van der Waals surface area contributed by atoms with Crippen molar-refractivity contribution in [3.63, 3.8) is 0 Å². The van der Waals surface area contributed by atoms with Gasteiger partial charge < -0.3 is 9.47 Å². The monoisotopic (exact) mass is 195 g/mol. The van der Waals surface area contributed by atoms with Gasteiger partial charge in [0.2, 0.25) is 0 Å². The average molecular weight is 195 g/mol. The molecule has 2 rings (SSSR count). The maximum Gasteiger partial charge on any atom is 0.166 e. The Morgan fingerprint density at radius 2 is 1.86 bits per heavy atom. The van der Waals surface area contributed by atoms with Crippen molar-refractivity contribution >= 4 is 0 Å². The van der Waals surface area contributed by atoms with E-state index >= 15 is 0 Å². The molecule has 1 saturated heterocycles. The summed E-state index contributed by atoms with van der Waals surface area (Å²) in [5.41, 5.74) is 0.146. The summed E-state index contributed by atoms with van der Waals surface area (Å²) in [6, 6.07) is 2.36. The van der Waals surface area contributed by atoms with Crippen molar-refractivity contribution in [2.45, 2.75) is 33.0 Å². The van der Waals surface area contributed by atoms with Gasteiger partial charge in [-0.3, -0.25) is 0 Å². The van der Waals surface area contributed by atoms with Crippen molar-refractivity contribution < 1.29 is 9.47 Å². The zero-order valence-corrected chi connectivity index (χ0v) is 9.04. The first-order chi connectivity index (χ1) is 6.49. The minimum Gasteiger partial charge on any atom is -0.348 e. The van der Waals surface area contributed by atoms with Gasteiger partial charge in [0, 0.05) is 6.42 Å². The van der Waals surface area contributed by atoms with Crippen molar-refractivity contribution in [1.29, 1.82) is 5.26 Å². The van der Waals surface area contributed by atoms with Crippen LogP contribution in [0.3, 0.4) is 0 Å². The van der Waals surface area contributed by atoms with Crippen LogP contribution in [-0.4, -0.2) is 19.0 Å². The first-order valence-electron chi connectivity index (χ1n) is 5.17. The molecule has 0 aromatic carbocycles. The Balaban J connectivity index is 1.97. The van der Waals surface area contributed by atoms with Crippen molar-refractivity contribution in [3.8, 4) is 6.07 Å². The maximum absolute atomic E-state index is 8.94. The molecule has 3 nitrogen and oxygen atoms in total. The first kappa shape index (κ1) is 9.95. The van der Waals surface area contributed by atoms with E-state index in [1.165, 1.54) is 0 Å². The number of nitrogens with zero attached hydrogens (tertiary/aromatic N) is 1. The highest BCUT2D eigenvalue weighted by atomic mass is 16.7. The highest BCUT2D eigenvalue weighted by Crippen LogP contribution is 2.61. The summed E-state index contributed by atoms with van der Waals surface area (Å²) in [4.78, 5) is 0. The smallest absolute Gasteiger partial charge is 0.166 e. The van der Waals surface area contributed by atoms with Crippen LogP contribution in [-0.2, 0) is 9.47 Å². The van der Waals surface area contributed by atoms with Crippen molar-refractivity contribution in [2.24, 2.45) is 17.3 Å². The predicted molar refractivity (Wildman–Crippen MR) is 51.3 cm³/mol. The van der Waals surface area contributed by atoms with Crippen molar-refractivity contribution in [1.82, 2.24) is 0 Å². The summed E-state index contributed by atoms with van der Waals surface area (Å²) in [6.07, 6.45) is 0.845. The molecule has 14 heavy (non-hydrogen) atoms. The quantitative estimate of drug-likeness (QED) is 0.676. The fraction of sp³-hybridized carbons (Fsp3) is 0.909. The SMILES string of the molecule is CC1(C[C@H]2[C@@H](C#N)C2(C)C)OCCO1. The molecule has 1 heterocycles. The van der Waals surface area contributed by atoms with Crippen LogP contribution in [0.2, 0.25) is 0 Å². The van der Waals surface area contributed by atoms with Gasteiger partial charge in [-0.2, -0.15) is 5.26 Å². The van der Waals surface area contributed by atoms with E-state index in [2.05, 4.69) is 19.9 Å². The van der Waals surface area contributed by atoms with E-state index in [1.807, 2.05) is 6.92 Å². The number of nitriles is 1. The first-order valence-corrected chi connectivity index (χ1v) is 5.17. The zero-order valence-electron chi connectivity index (χ0n) is 9.04. The molecule has 78 valence electrons. The van der Waals surface area contributed by atoms with Gasteiger partial charge in [0.05, 0.1) is 25.2 Å². The Labute approximate surface area is 85.0 Å². The van der Waals surface area contributed by atoms with E-state index in [1.54, 1.807) is 0 Å². The molecular formula is C11H17NO2. The lowest BCUT2D eigenvalue weighted by atomic mass is 10.0. The normalized spacial score (nSPS) is 37.9. The summed E-state index contributed by atoms with van der Waals surface area (Å²) in [5.74, 6) is 0.163. The molecule has 0 amide bonds. The minimum absolute atomic E-state index is 0.146. The molecule has 1 saturated carbocycles. The Bertz CT molecular complexity index is 274. The topological polar surface area (TPSA) is 42.2 Å². The third-order valence-corrected chi connectivity index (χ3v) is 3.68. The largest absolute Gasteiger partial charge is 0.348 e. The van der Waals surface area contributed by atoms with Crippen LogP contribution >= 0.6 is 0 Å². The van der Waals surface area contributed by atoms with E-state index in [-0.39, 0.29) is 11.3 Å². The van der Waals surface area contributed by atoms with Gasteiger partial charge in [0.15, 0.2) is 5.79 Å². The maximum atomic E-state index is 8.94. The van der Waals surface area contributed by atoms with Crippen LogP contribution in [0, 0.1) is 28.6 Å². The van der Waals surface area contributed by atoms with Gasteiger partial charge in [-0.05, 0) is 18.3 Å². The molecular weight excluding hydrogens is 178 g/mol. The highest BCUT2D eigenvalue weighted by molar-refractivity contribution is 5.15. The summed E-state index contributed by atoms with van der Waals surface area (Å²) in [7, 11) is 0. The third-order valence-electron chi connectivity index (χ3n) is 3.68. The summed E-state index contributed by atoms with van der Waals surface area (Å²) < 4.78 is 11.1. The summed E-state index contributed by atoms with van der Waals surface area (Å²) in [6.45, 7) is 7.62. The van der Waals surface area contributed by atoms with Crippen molar-refractivity contribution in [3.05, 3.63) is 0 Å². The molecule has 1 aliphatic carbocycles. The standard InChI is InChI=1S/C11H17NO2/c1-10(2)8(9(10)7-12)6-11(3)13-4-5-14-11/h8-9H,4-6H2,1-3H3/t8-,9+/m0/s1. The van der Waals surface area contributed by atoms with Gasteiger partial charge in [0.25, 0.3) is 0 Å². The number of hydrogen-bond donors (Lipinski definition) is 0. The lowest BCUT2D eigenvalue weighted by Crippen LogP contribution is -2.26. The van der Waals surface area contributed by atoms with E-state index in [4.69, 9.17) is 14.7 Å². The van der Waals surface area contributed by atoms with E-state index in [0.29, 0.717) is 19.1 Å². The molecule has 2 fully saturated rings. The van der Waals surface area contributed by atoms with Crippen molar-refractivity contribution in [2.75, 3.05) is 13.2 Å². The number of hydrogen-bond acceptors (Lipinski definition) is 3. The second kappa shape index (κ2) is 2.95. The van der Waals surface area contributed by atoms with E-state index in [9.17, 15) is 0 Å². The Kier molecular flexibility index (Phi) is 2.09.